The number of hydrogen-bond acceptors (Lipinski definition) is 12. The highest BCUT2D eigenvalue weighted by atomic mass is 32.7. The van der Waals surface area contributed by atoms with Crippen molar-refractivity contribution < 1.29 is 42.4 Å². The number of aromatic nitrogens is 4. The molecule has 0 aromatic carbocycles. The molecule has 210 valence electrons. The Labute approximate surface area is 216 Å². The van der Waals surface area contributed by atoms with E-state index in [2.05, 4.69) is 12.2 Å². The Kier molecular flexibility index (Phi) is 8.55. The van der Waals surface area contributed by atoms with Crippen LogP contribution < -0.4 is 22.5 Å². The molecule has 0 spiro atoms. The number of thiol groups is 1. The number of nitrogens with one attached hydrogen (secondary N) is 2. The molecule has 4 rings (SSSR count). The Morgan fingerprint density at radius 2 is 1.58 bits per heavy atom. The molecule has 5 unspecified atom stereocenters. The molecule has 38 heavy (non-hydrogen) atoms. The van der Waals surface area contributed by atoms with E-state index in [1.54, 1.807) is 0 Å². The van der Waals surface area contributed by atoms with Gasteiger partial charge in [-0.2, -0.15) is 0 Å². The minimum atomic E-state index is -4.34. The Hall–Kier alpha value is -2.41. The summed E-state index contributed by atoms with van der Waals surface area (Å²) >= 11 is 3.89. The van der Waals surface area contributed by atoms with Gasteiger partial charge in [-0.15, -0.1) is 0 Å². The van der Waals surface area contributed by atoms with Crippen molar-refractivity contribution in [1.29, 1.82) is 0 Å². The lowest BCUT2D eigenvalue weighted by Crippen LogP contribution is -2.39. The van der Waals surface area contributed by atoms with Crippen molar-refractivity contribution in [2.45, 2.75) is 49.1 Å². The van der Waals surface area contributed by atoms with Crippen LogP contribution in [0.15, 0.2) is 43.7 Å². The van der Waals surface area contributed by atoms with Gasteiger partial charge in [0.15, 0.2) is 18.6 Å². The van der Waals surface area contributed by atoms with Crippen molar-refractivity contribution in [2.75, 3.05) is 20.3 Å². The van der Waals surface area contributed by atoms with E-state index >= 15 is 0 Å². The first-order chi connectivity index (χ1) is 18.0. The zero-order valence-electron chi connectivity index (χ0n) is 19.5. The third-order valence-corrected chi connectivity index (χ3v) is 7.55. The average Bonchev–Trinajstić information content (AvgIpc) is 3.34. The van der Waals surface area contributed by atoms with Crippen LogP contribution in [0.2, 0.25) is 0 Å². The topological polar surface area (TPSA) is 213 Å². The molecule has 4 N–H and O–H groups in total. The van der Waals surface area contributed by atoms with Crippen molar-refractivity contribution in [2.24, 2.45) is 0 Å². The lowest BCUT2D eigenvalue weighted by Gasteiger charge is -2.26. The van der Waals surface area contributed by atoms with Gasteiger partial charge in [0.1, 0.15) is 30.5 Å². The summed E-state index contributed by atoms with van der Waals surface area (Å²) < 4.78 is 56.4. The molecule has 0 amide bonds. The van der Waals surface area contributed by atoms with Crippen LogP contribution in [0.3, 0.4) is 0 Å². The molecule has 4 heterocycles. The SMILES string of the molecule is COC1C(OP(=O)(S)OC[C@H]2O[C@@H](n3ccc(=O)[nH]c3=O)C(F)C2O)[C@@H](CO)O[C@H]1n1ccc(=O)[nH]c1=O. The second-order valence-corrected chi connectivity index (χ2v) is 11.2. The van der Waals surface area contributed by atoms with Gasteiger partial charge >= 0.3 is 18.2 Å². The predicted octanol–water partition coefficient (Wildman–Crippen LogP) is -1.97. The Morgan fingerprint density at radius 3 is 2.11 bits per heavy atom. The molecule has 19 heteroatoms. The lowest BCUT2D eigenvalue weighted by atomic mass is 10.1. The second kappa shape index (κ2) is 11.4. The molecule has 2 fully saturated rings. The fourth-order valence-electron chi connectivity index (χ4n) is 4.13. The molecule has 16 nitrogen and oxygen atoms in total. The van der Waals surface area contributed by atoms with Gasteiger partial charge in [-0.3, -0.25) is 37.7 Å². The van der Waals surface area contributed by atoms with Crippen molar-refractivity contribution in [3.63, 3.8) is 0 Å². The van der Waals surface area contributed by atoms with Crippen LogP contribution in [0.4, 0.5) is 4.39 Å². The molecule has 0 aliphatic carbocycles. The molecule has 9 atom stereocenters. The predicted molar refractivity (Wildman–Crippen MR) is 127 cm³/mol. The number of rotatable bonds is 9. The number of ether oxygens (including phenoxy) is 3. The average molecular weight is 582 g/mol. The quantitative estimate of drug-likeness (QED) is 0.161. The van der Waals surface area contributed by atoms with Gasteiger partial charge in [-0.25, -0.2) is 18.5 Å². The maximum Gasteiger partial charge on any atom is 0.386 e. The van der Waals surface area contributed by atoms with E-state index in [4.69, 9.17) is 23.3 Å². The van der Waals surface area contributed by atoms with Crippen LogP contribution in [0, 0.1) is 0 Å². The third kappa shape index (κ3) is 5.78. The molecule has 2 saturated heterocycles. The summed E-state index contributed by atoms with van der Waals surface area (Å²) in [4.78, 5) is 50.8. The van der Waals surface area contributed by atoms with Gasteiger partial charge in [0.2, 0.25) is 0 Å². The van der Waals surface area contributed by atoms with Gasteiger partial charge in [0.25, 0.3) is 11.1 Å². The number of alkyl halides is 1. The molecule has 0 bridgehead atoms. The highest BCUT2D eigenvalue weighted by Crippen LogP contribution is 2.56. The smallest absolute Gasteiger partial charge is 0.386 e. The molecule has 0 radical (unpaired) electrons. The zero-order chi connectivity index (χ0) is 27.8. The monoisotopic (exact) mass is 582 g/mol. The number of halogens is 1. The van der Waals surface area contributed by atoms with E-state index in [1.165, 1.54) is 7.11 Å². The number of aromatic amines is 2. The van der Waals surface area contributed by atoms with Crippen LogP contribution in [-0.2, 0) is 27.8 Å². The second-order valence-electron chi connectivity index (χ2n) is 8.32. The van der Waals surface area contributed by atoms with Gasteiger partial charge in [-0.1, -0.05) is 12.2 Å². The largest absolute Gasteiger partial charge is 0.394 e. The Bertz CT molecular complexity index is 1430. The summed E-state index contributed by atoms with van der Waals surface area (Å²) in [6.45, 7) is -5.69. The summed E-state index contributed by atoms with van der Waals surface area (Å²) in [5.41, 5.74) is -3.18. The lowest BCUT2D eigenvalue weighted by molar-refractivity contribution is -0.0625. The summed E-state index contributed by atoms with van der Waals surface area (Å²) in [5.74, 6) is 0. The highest BCUT2D eigenvalue weighted by molar-refractivity contribution is 8.44. The van der Waals surface area contributed by atoms with Crippen molar-refractivity contribution in [1.82, 2.24) is 19.1 Å². The van der Waals surface area contributed by atoms with Crippen LogP contribution in [0.25, 0.3) is 0 Å². The van der Waals surface area contributed by atoms with E-state index < -0.39 is 91.7 Å². The van der Waals surface area contributed by atoms with Crippen LogP contribution in [0.1, 0.15) is 12.5 Å². The third-order valence-electron chi connectivity index (χ3n) is 5.94. The maximum absolute atomic E-state index is 14.7. The van der Waals surface area contributed by atoms with Gasteiger partial charge in [-0.05, 0) is 0 Å². The number of methoxy groups -OCH3 is 1. The highest BCUT2D eigenvalue weighted by Gasteiger charge is 2.50. The molecule has 2 aromatic heterocycles. The van der Waals surface area contributed by atoms with Crippen LogP contribution in [-0.4, -0.2) is 86.3 Å². The normalized spacial score (nSPS) is 32.9. The van der Waals surface area contributed by atoms with Crippen LogP contribution in [0.5, 0.6) is 0 Å². The van der Waals surface area contributed by atoms with Gasteiger partial charge in [0.05, 0.1) is 13.2 Å². The fourth-order valence-corrected chi connectivity index (χ4v) is 5.62. The Balaban J connectivity index is 1.46. The molecule has 2 aliphatic rings. The number of H-pyrrole nitrogens is 2. The fraction of sp³-hybridized carbons (Fsp3) is 0.579. The van der Waals surface area contributed by atoms with E-state index in [0.717, 1.165) is 33.7 Å². The molecule has 2 aromatic rings. The summed E-state index contributed by atoms with van der Waals surface area (Å²) in [6.07, 6.45) is -9.63. The summed E-state index contributed by atoms with van der Waals surface area (Å²) in [5, 5.41) is 20.0. The number of hydrogen-bond donors (Lipinski definition) is 5. The van der Waals surface area contributed by atoms with Gasteiger partial charge < -0.3 is 24.4 Å². The van der Waals surface area contributed by atoms with E-state index in [1.807, 2.05) is 9.97 Å². The first-order valence-electron chi connectivity index (χ1n) is 11.0. The molecular weight excluding hydrogens is 558 g/mol. The molecule has 2 aliphatic heterocycles. The van der Waals surface area contributed by atoms with Crippen molar-refractivity contribution in [3.05, 3.63) is 66.2 Å². The molecular formula is C19H24FN4O12PS. The standard InChI is InChI=1S/C19H24FN4O12PS/c1-32-15-14(8(6-25)34-17(15)24-5-3-11(27)22-19(24)30)36-37(31,38)33-7-9-13(28)12(20)16(35-9)23-4-2-10(26)21-18(23)29/h2-5,8-9,12-17,25,28H,6-7H2,1H3,(H,31,38)(H,21,26,29)(H,22,27,30)/t8-,9-,12?,13?,14?,15?,16-,17-,37?/m1/s1. The van der Waals surface area contributed by atoms with Crippen molar-refractivity contribution in [3.8, 4) is 0 Å². The van der Waals surface area contributed by atoms with Gasteiger partial charge in [0, 0.05) is 31.6 Å². The van der Waals surface area contributed by atoms with E-state index in [9.17, 15) is 38.3 Å². The number of aliphatic hydroxyl groups excluding tert-OH is 2. The number of aliphatic hydroxyl groups is 2. The van der Waals surface area contributed by atoms with Crippen molar-refractivity contribution >= 4 is 19.0 Å². The zero-order valence-corrected chi connectivity index (χ0v) is 21.3. The summed E-state index contributed by atoms with van der Waals surface area (Å²) in [7, 11) is 1.24. The first-order valence-corrected chi connectivity index (χ1v) is 13.7. The minimum Gasteiger partial charge on any atom is -0.394 e. The Morgan fingerprint density at radius 1 is 1.03 bits per heavy atom. The maximum atomic E-state index is 14.7. The van der Waals surface area contributed by atoms with Crippen LogP contribution >= 0.6 is 19.0 Å². The van der Waals surface area contributed by atoms with E-state index in [-0.39, 0.29) is 0 Å². The minimum absolute atomic E-state index is 0.655. The summed E-state index contributed by atoms with van der Waals surface area (Å²) in [6, 6.07) is 2.02. The molecule has 0 saturated carbocycles. The first kappa shape index (κ1) is 28.6. The van der Waals surface area contributed by atoms with E-state index in [0.29, 0.717) is 0 Å². The number of nitrogens with zero attached hydrogens (tertiary/aromatic N) is 2.